The van der Waals surface area contributed by atoms with Crippen molar-refractivity contribution in [1.29, 1.82) is 0 Å². The number of carboxylic acid groups (broad SMARTS) is 1. The van der Waals surface area contributed by atoms with Crippen LogP contribution in [0.25, 0.3) is 0 Å². The highest BCUT2D eigenvalue weighted by molar-refractivity contribution is 6.16. The lowest BCUT2D eigenvalue weighted by Gasteiger charge is -2.17. The molecule has 1 aromatic carbocycles. The van der Waals surface area contributed by atoms with Gasteiger partial charge < -0.3 is 19.7 Å². The van der Waals surface area contributed by atoms with Crippen LogP contribution >= 0.6 is 0 Å². The van der Waals surface area contributed by atoms with Crippen LogP contribution in [0, 0.1) is 128 Å². The fraction of sp³-hybridized carbons (Fsp3) is 0.150. The SMILES string of the molecule is C#CC#CC#CC#CC#CC#CC#CC#CC#COc1ccccc1NC(=O)C(C(=O)c1cc(C)n(CC)c1C)n1cc(C)c(C(=O)O)n1. The number of ether oxygens (including phenoxy) is 1. The van der Waals surface area contributed by atoms with Gasteiger partial charge in [-0.15, -0.1) is 6.42 Å². The number of nitrogens with one attached hydrogen (secondary N) is 1. The van der Waals surface area contributed by atoms with E-state index in [1.54, 1.807) is 37.3 Å². The number of ketones is 1. The van der Waals surface area contributed by atoms with Crippen molar-refractivity contribution in [3.05, 3.63) is 64.7 Å². The number of hydrogen-bond donors (Lipinski definition) is 2. The summed E-state index contributed by atoms with van der Waals surface area (Å²) in [5.41, 5.74) is 2.06. The molecule has 0 fully saturated rings. The van der Waals surface area contributed by atoms with E-state index in [1.165, 1.54) is 13.1 Å². The number of terminal acetylenes is 1. The quantitative estimate of drug-likeness (QED) is 0.222. The summed E-state index contributed by atoms with van der Waals surface area (Å²) in [4.78, 5) is 39.4. The first kappa shape index (κ1) is 35.6. The van der Waals surface area contributed by atoms with E-state index in [-0.39, 0.29) is 17.1 Å². The summed E-state index contributed by atoms with van der Waals surface area (Å²) >= 11 is 0. The highest BCUT2D eigenvalue weighted by atomic mass is 16.5. The molecule has 0 aliphatic carbocycles. The summed E-state index contributed by atoms with van der Waals surface area (Å²) in [5.74, 6) is 36.7. The van der Waals surface area contributed by atoms with Gasteiger partial charge >= 0.3 is 5.97 Å². The van der Waals surface area contributed by atoms with Gasteiger partial charge in [0, 0.05) is 82.6 Å². The van der Waals surface area contributed by atoms with Crippen LogP contribution < -0.4 is 10.1 Å². The van der Waals surface area contributed by atoms with Crippen molar-refractivity contribution in [3.8, 4) is 113 Å². The third-order valence-electron chi connectivity index (χ3n) is 6.34. The number of amides is 1. The van der Waals surface area contributed by atoms with Crippen LogP contribution in [0.1, 0.15) is 50.8 Å². The van der Waals surface area contributed by atoms with Crippen LogP contribution in [0.15, 0.2) is 36.5 Å². The Balaban J connectivity index is 1.77. The van der Waals surface area contributed by atoms with Crippen molar-refractivity contribution in [3.63, 3.8) is 0 Å². The first-order valence-electron chi connectivity index (χ1n) is 14.2. The van der Waals surface area contributed by atoms with Gasteiger partial charge in [-0.3, -0.25) is 14.3 Å². The predicted octanol–water partition coefficient (Wildman–Crippen LogP) is 3.39. The molecule has 0 radical (unpaired) electrons. The van der Waals surface area contributed by atoms with E-state index in [9.17, 15) is 19.5 Å². The Morgan fingerprint density at radius 2 is 1.43 bits per heavy atom. The van der Waals surface area contributed by atoms with Crippen molar-refractivity contribution in [2.45, 2.75) is 40.3 Å². The monoisotopic (exact) mass is 640 g/mol. The Morgan fingerprint density at radius 1 is 0.878 bits per heavy atom. The van der Waals surface area contributed by atoms with Crippen molar-refractivity contribution in [2.75, 3.05) is 5.32 Å². The first-order chi connectivity index (χ1) is 23.7. The smallest absolute Gasteiger partial charge is 0.356 e. The second kappa shape index (κ2) is 18.2. The van der Waals surface area contributed by atoms with E-state index in [4.69, 9.17) is 11.2 Å². The molecule has 0 bridgehead atoms. The number of carboxylic acids is 1. The fourth-order valence-corrected chi connectivity index (χ4v) is 4.28. The molecular weight excluding hydrogens is 616 g/mol. The van der Waals surface area contributed by atoms with Crippen LogP contribution in [0.4, 0.5) is 5.69 Å². The number of aromatic nitrogens is 3. The standard InChI is InChI=1S/C40H24N4O5/c1-6-8-9-10-11-12-13-14-15-16-17-18-19-20-21-24-27-49-35-26-23-22-25-34(35)41-39(46)37(44-29-30(3)36(42-44)40(47)48)38(45)33-28-31(4)43(7-2)32(33)5/h1,22-23,25-26,28-29,37H,7H2,2-5H3,(H,41,46)(H,47,48). The van der Waals surface area contributed by atoms with Crippen molar-refractivity contribution in [1.82, 2.24) is 14.3 Å². The lowest BCUT2D eigenvalue weighted by atomic mass is 10.0. The number of carbonyl (C=O) groups is 3. The van der Waals surface area contributed by atoms with Gasteiger partial charge in [0.2, 0.25) is 0 Å². The summed E-state index contributed by atoms with van der Waals surface area (Å²) in [5, 5.41) is 16.3. The summed E-state index contributed by atoms with van der Waals surface area (Å²) in [6.07, 6.45) is 8.73. The lowest BCUT2D eigenvalue weighted by molar-refractivity contribution is -0.118. The van der Waals surface area contributed by atoms with E-state index in [1.807, 2.05) is 18.4 Å². The Morgan fingerprint density at radius 3 is 1.94 bits per heavy atom. The van der Waals surface area contributed by atoms with E-state index in [2.05, 4.69) is 111 Å². The molecule has 0 saturated carbocycles. The van der Waals surface area contributed by atoms with Gasteiger partial charge in [0.15, 0.2) is 23.3 Å². The van der Waals surface area contributed by atoms with E-state index >= 15 is 0 Å². The van der Waals surface area contributed by atoms with E-state index < -0.39 is 23.7 Å². The number of hydrogen-bond acceptors (Lipinski definition) is 5. The number of aromatic carboxylic acids is 1. The molecule has 0 aliphatic heterocycles. The molecule has 9 nitrogen and oxygen atoms in total. The van der Waals surface area contributed by atoms with E-state index in [0.29, 0.717) is 23.4 Å². The zero-order valence-electron chi connectivity index (χ0n) is 26.7. The molecule has 3 aromatic rings. The van der Waals surface area contributed by atoms with Crippen LogP contribution in [-0.4, -0.2) is 37.1 Å². The Bertz CT molecular complexity index is 2390. The van der Waals surface area contributed by atoms with Gasteiger partial charge in [-0.25, -0.2) is 4.79 Å². The van der Waals surface area contributed by atoms with Gasteiger partial charge in [-0.2, -0.15) is 5.10 Å². The second-order valence-corrected chi connectivity index (χ2v) is 9.45. The number of Topliss-reactive ketones (excluding diaryl/α,β-unsaturated/α-hetero) is 1. The lowest BCUT2D eigenvalue weighted by Crippen LogP contribution is -2.33. The Labute approximate surface area is 284 Å². The van der Waals surface area contributed by atoms with Crippen molar-refractivity contribution in [2.24, 2.45) is 0 Å². The van der Waals surface area contributed by atoms with Crippen molar-refractivity contribution >= 4 is 23.3 Å². The maximum Gasteiger partial charge on any atom is 0.356 e. The van der Waals surface area contributed by atoms with Crippen LogP contribution in [0.5, 0.6) is 5.75 Å². The van der Waals surface area contributed by atoms with Crippen LogP contribution in [0.3, 0.4) is 0 Å². The maximum atomic E-state index is 13.9. The normalized spacial score (nSPS) is 9.04. The zero-order chi connectivity index (χ0) is 35.6. The topological polar surface area (TPSA) is 115 Å². The predicted molar refractivity (Wildman–Crippen MR) is 184 cm³/mol. The maximum absolute atomic E-state index is 13.9. The number of carbonyl (C=O) groups excluding carboxylic acids is 2. The molecule has 234 valence electrons. The van der Waals surface area contributed by atoms with Crippen LogP contribution in [-0.2, 0) is 11.3 Å². The number of aryl methyl sites for hydroxylation is 2. The summed E-state index contributed by atoms with van der Waals surface area (Å²) in [7, 11) is 0. The summed E-state index contributed by atoms with van der Waals surface area (Å²) < 4.78 is 8.50. The molecule has 49 heavy (non-hydrogen) atoms. The van der Waals surface area contributed by atoms with Gasteiger partial charge in [0.1, 0.15) is 6.11 Å². The van der Waals surface area contributed by atoms with Gasteiger partial charge in [0.05, 0.1) is 5.69 Å². The molecular formula is C40H24N4O5. The second-order valence-electron chi connectivity index (χ2n) is 9.45. The third-order valence-corrected chi connectivity index (χ3v) is 6.34. The van der Waals surface area contributed by atoms with E-state index in [0.717, 1.165) is 10.4 Å². The molecule has 1 unspecified atom stereocenters. The molecule has 0 aliphatic rings. The number of nitrogens with zero attached hydrogens (tertiary/aromatic N) is 3. The molecule has 9 heteroatoms. The number of benzene rings is 1. The first-order valence-corrected chi connectivity index (χ1v) is 14.2. The Hall–Kier alpha value is -7.84. The highest BCUT2D eigenvalue weighted by Crippen LogP contribution is 2.27. The number of rotatable bonds is 8. The third kappa shape index (κ3) is 10.1. The van der Waals surface area contributed by atoms with Gasteiger partial charge in [0.25, 0.3) is 5.91 Å². The molecule has 2 N–H and O–H groups in total. The molecule has 0 saturated heterocycles. The average Bonchev–Trinajstić information content (AvgIpc) is 3.60. The number of para-hydroxylation sites is 2. The molecule has 3 rings (SSSR count). The minimum Gasteiger partial charge on any atom is -0.476 e. The van der Waals surface area contributed by atoms with Crippen LogP contribution in [0.2, 0.25) is 0 Å². The molecule has 1 atom stereocenters. The Kier molecular flexibility index (Phi) is 13.2. The highest BCUT2D eigenvalue weighted by Gasteiger charge is 2.34. The largest absolute Gasteiger partial charge is 0.476 e. The average molecular weight is 641 g/mol. The minimum absolute atomic E-state index is 0.175. The van der Waals surface area contributed by atoms with Crippen molar-refractivity contribution < 1.29 is 24.2 Å². The summed E-state index contributed by atoms with van der Waals surface area (Å²) in [6, 6.07) is 6.61. The minimum atomic E-state index is -1.53. The molecule has 2 heterocycles. The number of anilines is 1. The summed E-state index contributed by atoms with van der Waals surface area (Å²) in [6.45, 7) is 7.74. The molecule has 0 spiro atoms. The molecule has 1 amide bonds. The zero-order valence-corrected chi connectivity index (χ0v) is 26.7. The fourth-order valence-electron chi connectivity index (χ4n) is 4.28. The van der Waals surface area contributed by atoms with Gasteiger partial charge in [-0.1, -0.05) is 12.1 Å². The molecule has 2 aromatic heterocycles. The van der Waals surface area contributed by atoms with Gasteiger partial charge in [-0.05, 0) is 93.3 Å².